The molecule has 0 aromatic heterocycles. The van der Waals surface area contributed by atoms with E-state index in [4.69, 9.17) is 18.9 Å². The number of aliphatic carboxylic acids is 1. The minimum atomic E-state index is -1.51. The summed E-state index contributed by atoms with van der Waals surface area (Å²) in [6.45, 7) is 4.79. The fourth-order valence-corrected chi connectivity index (χ4v) is 8.81. The summed E-state index contributed by atoms with van der Waals surface area (Å²) in [7, 11) is 5.97. The SMILES string of the molecule is CC/C=C\C/C=C\C/C=C\C/C=C\C/C=C\CCCCCCCCCCCCCCCCCCCCCCCC(=O)OC(COC(=O)CCCCCCCCCCCCCC)COC(OCC[N+](C)(C)C)C(=O)O. The average molecular weight is 1040 g/mol. The van der Waals surface area contributed by atoms with E-state index in [0.717, 1.165) is 70.6 Å². The van der Waals surface area contributed by atoms with Gasteiger partial charge in [0.2, 0.25) is 0 Å². The summed E-state index contributed by atoms with van der Waals surface area (Å²) in [5.41, 5.74) is 0. The summed E-state index contributed by atoms with van der Waals surface area (Å²) in [5.74, 6) is -1.99. The number of allylic oxidation sites excluding steroid dienone is 10. The number of esters is 2. The van der Waals surface area contributed by atoms with Crippen molar-refractivity contribution in [3.8, 4) is 0 Å². The summed E-state index contributed by atoms with van der Waals surface area (Å²) in [6, 6.07) is 0. The van der Waals surface area contributed by atoms with E-state index in [1.165, 1.54) is 180 Å². The lowest BCUT2D eigenvalue weighted by Gasteiger charge is -2.25. The molecule has 0 aromatic carbocycles. The van der Waals surface area contributed by atoms with E-state index in [-0.39, 0.29) is 38.2 Å². The smallest absolute Gasteiger partial charge is 0.361 e. The fraction of sp³-hybridized carbons (Fsp3) is 0.800. The first-order valence-electron chi connectivity index (χ1n) is 31.0. The number of likely N-dealkylation sites (N-methyl/N-ethyl adjacent to an activating group) is 1. The van der Waals surface area contributed by atoms with E-state index in [9.17, 15) is 19.5 Å². The molecule has 0 heterocycles. The van der Waals surface area contributed by atoms with Gasteiger partial charge in [0.05, 0.1) is 34.4 Å². The Kier molecular flexibility index (Phi) is 53.9. The van der Waals surface area contributed by atoms with Crippen molar-refractivity contribution in [1.29, 1.82) is 0 Å². The molecule has 0 aliphatic heterocycles. The highest BCUT2D eigenvalue weighted by molar-refractivity contribution is 5.71. The van der Waals surface area contributed by atoms with Crippen molar-refractivity contribution in [2.45, 2.75) is 289 Å². The predicted octanol–water partition coefficient (Wildman–Crippen LogP) is 18.4. The second kappa shape index (κ2) is 56.2. The van der Waals surface area contributed by atoms with E-state index in [2.05, 4.69) is 74.6 Å². The van der Waals surface area contributed by atoms with Gasteiger partial charge in [0.1, 0.15) is 13.2 Å². The second-order valence-electron chi connectivity index (χ2n) is 22.0. The van der Waals surface area contributed by atoms with Crippen LogP contribution in [-0.2, 0) is 33.3 Å². The molecule has 0 rings (SSSR count). The largest absolute Gasteiger partial charge is 0.477 e. The Morgan fingerprint density at radius 3 is 1.15 bits per heavy atom. The summed E-state index contributed by atoms with van der Waals surface area (Å²) < 4.78 is 22.9. The lowest BCUT2D eigenvalue weighted by molar-refractivity contribution is -0.870. The molecule has 0 saturated carbocycles. The van der Waals surface area contributed by atoms with Crippen LogP contribution in [0.3, 0.4) is 0 Å². The standard InChI is InChI=1S/C65H117NO8/c1-6-8-10-12-14-16-18-20-21-22-23-24-25-26-27-28-29-30-31-32-33-34-35-36-37-38-39-40-41-42-43-44-46-48-50-52-54-56-63(68)74-61(60-73-65(64(69)70)71-58-57-66(3,4)5)59-72-62(67)55-53-51-49-47-45-19-17-15-13-11-9-7-2/h8,10,14,16,20-21,23-24,26-27,61,65H,6-7,9,11-13,15,17-19,22,25,28-60H2,1-5H3/p+1/b10-8-,16-14-,21-20-,24-23-,27-26-. The molecule has 0 bridgehead atoms. The van der Waals surface area contributed by atoms with Gasteiger partial charge < -0.3 is 28.5 Å². The van der Waals surface area contributed by atoms with Gasteiger partial charge >= 0.3 is 17.9 Å². The van der Waals surface area contributed by atoms with Crippen molar-refractivity contribution in [3.63, 3.8) is 0 Å². The van der Waals surface area contributed by atoms with Crippen LogP contribution >= 0.6 is 0 Å². The Labute approximate surface area is 456 Å². The topological polar surface area (TPSA) is 108 Å². The summed E-state index contributed by atoms with van der Waals surface area (Å²) in [6.07, 6.45) is 69.0. The molecule has 2 atom stereocenters. The summed E-state index contributed by atoms with van der Waals surface area (Å²) in [5, 5.41) is 9.69. The molecule has 0 amide bonds. The first-order valence-corrected chi connectivity index (χ1v) is 31.0. The van der Waals surface area contributed by atoms with Crippen molar-refractivity contribution in [3.05, 3.63) is 60.8 Å². The van der Waals surface area contributed by atoms with Gasteiger partial charge in [-0.2, -0.15) is 0 Å². The molecule has 0 saturated heterocycles. The Balaban J connectivity index is 3.98. The van der Waals surface area contributed by atoms with E-state index >= 15 is 0 Å². The van der Waals surface area contributed by atoms with E-state index in [1.807, 2.05) is 21.1 Å². The zero-order chi connectivity index (χ0) is 54.1. The van der Waals surface area contributed by atoms with Crippen LogP contribution in [0.5, 0.6) is 0 Å². The lowest BCUT2D eigenvalue weighted by Crippen LogP contribution is -2.40. The number of carbonyl (C=O) groups excluding carboxylic acids is 2. The Morgan fingerprint density at radius 2 is 0.770 bits per heavy atom. The maximum absolute atomic E-state index is 12.9. The predicted molar refractivity (Wildman–Crippen MR) is 313 cm³/mol. The fourth-order valence-electron chi connectivity index (χ4n) is 8.81. The highest BCUT2D eigenvalue weighted by Crippen LogP contribution is 2.17. The zero-order valence-corrected chi connectivity index (χ0v) is 49.0. The van der Waals surface area contributed by atoms with Crippen molar-refractivity contribution in [2.75, 3.05) is 47.5 Å². The van der Waals surface area contributed by atoms with Crippen molar-refractivity contribution >= 4 is 17.9 Å². The van der Waals surface area contributed by atoms with Crippen LogP contribution < -0.4 is 0 Å². The molecule has 2 unspecified atom stereocenters. The molecule has 0 aliphatic carbocycles. The van der Waals surface area contributed by atoms with Crippen LogP contribution in [0.1, 0.15) is 277 Å². The van der Waals surface area contributed by atoms with Crippen LogP contribution in [0.25, 0.3) is 0 Å². The maximum Gasteiger partial charge on any atom is 0.361 e. The second-order valence-corrected chi connectivity index (χ2v) is 22.0. The third-order valence-electron chi connectivity index (χ3n) is 13.5. The van der Waals surface area contributed by atoms with Crippen LogP contribution in [0.15, 0.2) is 60.8 Å². The number of carboxylic acid groups (broad SMARTS) is 1. The number of nitrogens with zero attached hydrogens (tertiary/aromatic N) is 1. The molecule has 0 radical (unpaired) electrons. The lowest BCUT2D eigenvalue weighted by atomic mass is 10.0. The molecule has 0 aromatic rings. The van der Waals surface area contributed by atoms with Crippen LogP contribution in [0.4, 0.5) is 0 Å². The zero-order valence-electron chi connectivity index (χ0n) is 49.0. The Bertz CT molecular complexity index is 1400. The minimum absolute atomic E-state index is 0.177. The summed E-state index contributed by atoms with van der Waals surface area (Å²) >= 11 is 0. The highest BCUT2D eigenvalue weighted by atomic mass is 16.7. The first kappa shape index (κ1) is 71.0. The molecule has 9 heteroatoms. The van der Waals surface area contributed by atoms with Gasteiger partial charge in [0.15, 0.2) is 6.10 Å². The number of hydrogen-bond donors (Lipinski definition) is 1. The van der Waals surface area contributed by atoms with Crippen molar-refractivity contribution in [1.82, 2.24) is 0 Å². The molecule has 9 nitrogen and oxygen atoms in total. The number of rotatable bonds is 57. The van der Waals surface area contributed by atoms with Crippen LogP contribution in [0.2, 0.25) is 0 Å². The van der Waals surface area contributed by atoms with Crippen molar-refractivity contribution < 1.29 is 42.9 Å². The number of unbranched alkanes of at least 4 members (excludes halogenated alkanes) is 32. The van der Waals surface area contributed by atoms with Crippen molar-refractivity contribution in [2.24, 2.45) is 0 Å². The van der Waals surface area contributed by atoms with Gasteiger partial charge in [0.25, 0.3) is 6.29 Å². The van der Waals surface area contributed by atoms with Gasteiger partial charge in [-0.15, -0.1) is 0 Å². The Morgan fingerprint density at radius 1 is 0.419 bits per heavy atom. The van der Waals surface area contributed by atoms with Gasteiger partial charge in [-0.1, -0.05) is 267 Å². The normalized spacial score (nSPS) is 13.1. The molecule has 0 spiro atoms. The number of carboxylic acids is 1. The molecule has 430 valence electrons. The molecular formula is C65H118NO8+. The summed E-state index contributed by atoms with van der Waals surface area (Å²) in [4.78, 5) is 37.3. The Hall–Kier alpha value is -3.01. The number of ether oxygens (including phenoxy) is 4. The average Bonchev–Trinajstić information content (AvgIpc) is 3.37. The highest BCUT2D eigenvalue weighted by Gasteiger charge is 2.25. The number of quaternary nitrogens is 1. The maximum atomic E-state index is 12.9. The van der Waals surface area contributed by atoms with E-state index in [1.54, 1.807) is 0 Å². The van der Waals surface area contributed by atoms with Crippen LogP contribution in [-0.4, -0.2) is 87.4 Å². The third-order valence-corrected chi connectivity index (χ3v) is 13.5. The molecular weight excluding hydrogens is 923 g/mol. The number of hydrogen-bond acceptors (Lipinski definition) is 7. The van der Waals surface area contributed by atoms with E-state index < -0.39 is 18.4 Å². The third kappa shape index (κ3) is 56.7. The quantitative estimate of drug-likeness (QED) is 0.0211. The van der Waals surface area contributed by atoms with Gasteiger partial charge in [0, 0.05) is 12.8 Å². The van der Waals surface area contributed by atoms with Gasteiger partial charge in [-0.25, -0.2) is 4.79 Å². The molecule has 1 N–H and O–H groups in total. The van der Waals surface area contributed by atoms with Gasteiger partial charge in [-0.05, 0) is 57.8 Å². The monoisotopic (exact) mass is 1040 g/mol. The molecule has 74 heavy (non-hydrogen) atoms. The minimum Gasteiger partial charge on any atom is -0.477 e. The van der Waals surface area contributed by atoms with E-state index in [0.29, 0.717) is 17.4 Å². The molecule has 0 fully saturated rings. The first-order chi connectivity index (χ1) is 36.1. The molecule has 0 aliphatic rings. The number of carbonyl (C=O) groups is 3. The van der Waals surface area contributed by atoms with Crippen LogP contribution in [0, 0.1) is 0 Å². The van der Waals surface area contributed by atoms with Gasteiger partial charge in [-0.3, -0.25) is 9.59 Å².